The van der Waals surface area contributed by atoms with Crippen molar-refractivity contribution < 1.29 is 4.79 Å². The largest absolute Gasteiger partial charge is 0.348 e. The van der Waals surface area contributed by atoms with Crippen LogP contribution in [0.3, 0.4) is 0 Å². The van der Waals surface area contributed by atoms with Crippen LogP contribution in [-0.2, 0) is 13.1 Å². The Balaban J connectivity index is 1.70. The van der Waals surface area contributed by atoms with Gasteiger partial charge in [-0.1, -0.05) is 18.2 Å². The van der Waals surface area contributed by atoms with Crippen molar-refractivity contribution in [1.82, 2.24) is 9.88 Å². The van der Waals surface area contributed by atoms with Crippen molar-refractivity contribution in [2.45, 2.75) is 26.9 Å². The first-order valence-corrected chi connectivity index (χ1v) is 8.93. The molecule has 2 aromatic heterocycles. The average Bonchev–Trinajstić information content (AvgIpc) is 3.24. The fourth-order valence-electron chi connectivity index (χ4n) is 2.81. The van der Waals surface area contributed by atoms with Crippen molar-refractivity contribution in [3.05, 3.63) is 80.8 Å². The number of amides is 1. The van der Waals surface area contributed by atoms with Gasteiger partial charge >= 0.3 is 0 Å². The molecule has 3 rings (SSSR count). The van der Waals surface area contributed by atoms with Gasteiger partial charge in [0.25, 0.3) is 5.91 Å². The van der Waals surface area contributed by atoms with Crippen LogP contribution in [0.5, 0.6) is 0 Å². The first-order chi connectivity index (χ1) is 12.1. The third-order valence-electron chi connectivity index (χ3n) is 4.25. The highest BCUT2D eigenvalue weighted by Crippen LogP contribution is 2.19. The van der Waals surface area contributed by atoms with Gasteiger partial charge in [-0.15, -0.1) is 11.3 Å². The van der Waals surface area contributed by atoms with E-state index in [9.17, 15) is 4.79 Å². The number of thiophene rings is 1. The van der Waals surface area contributed by atoms with E-state index in [1.165, 1.54) is 4.88 Å². The number of hydrogen-bond donors (Lipinski definition) is 1. The molecule has 0 atom stereocenters. The molecule has 0 unspecified atom stereocenters. The van der Waals surface area contributed by atoms with Crippen LogP contribution >= 0.6 is 11.3 Å². The number of aromatic nitrogens is 1. The third kappa shape index (κ3) is 3.81. The molecule has 25 heavy (non-hydrogen) atoms. The summed E-state index contributed by atoms with van der Waals surface area (Å²) in [7, 11) is 0. The summed E-state index contributed by atoms with van der Waals surface area (Å²) in [6.07, 6.45) is 0. The van der Waals surface area contributed by atoms with Crippen molar-refractivity contribution in [2.75, 3.05) is 0 Å². The van der Waals surface area contributed by atoms with Crippen LogP contribution in [0, 0.1) is 25.2 Å². The quantitative estimate of drug-likeness (QED) is 0.756. The highest BCUT2D eigenvalue weighted by molar-refractivity contribution is 7.09. The predicted octanol–water partition coefficient (Wildman–Crippen LogP) is 4.02. The van der Waals surface area contributed by atoms with Crippen LogP contribution in [0.2, 0.25) is 0 Å². The lowest BCUT2D eigenvalue weighted by atomic mass is 10.1. The first-order valence-electron chi connectivity index (χ1n) is 8.05. The number of nitrogens with one attached hydrogen (secondary N) is 1. The van der Waals surface area contributed by atoms with Crippen molar-refractivity contribution in [3.8, 4) is 6.07 Å². The van der Waals surface area contributed by atoms with Gasteiger partial charge < -0.3 is 9.88 Å². The van der Waals surface area contributed by atoms with Crippen molar-refractivity contribution in [2.24, 2.45) is 0 Å². The zero-order valence-corrected chi connectivity index (χ0v) is 15.1. The molecule has 0 radical (unpaired) electrons. The van der Waals surface area contributed by atoms with Gasteiger partial charge in [-0.3, -0.25) is 4.79 Å². The number of benzene rings is 1. The molecule has 1 aromatic carbocycles. The highest BCUT2D eigenvalue weighted by atomic mass is 32.1. The van der Waals surface area contributed by atoms with Gasteiger partial charge in [-0.25, -0.2) is 0 Å². The van der Waals surface area contributed by atoms with Gasteiger partial charge in [-0.05, 0) is 49.1 Å². The molecule has 0 spiro atoms. The monoisotopic (exact) mass is 349 g/mol. The molecule has 4 nitrogen and oxygen atoms in total. The molecule has 0 saturated heterocycles. The number of carbonyl (C=O) groups is 1. The predicted molar refractivity (Wildman–Crippen MR) is 99.7 cm³/mol. The van der Waals surface area contributed by atoms with Crippen LogP contribution in [0.15, 0.2) is 47.8 Å². The molecule has 5 heteroatoms. The summed E-state index contributed by atoms with van der Waals surface area (Å²) in [6, 6.07) is 15.4. The summed E-state index contributed by atoms with van der Waals surface area (Å²) in [6.45, 7) is 5.24. The molecule has 1 N–H and O–H groups in total. The Kier molecular flexibility index (Phi) is 5.01. The Hall–Kier alpha value is -2.84. The minimum atomic E-state index is -0.0742. The van der Waals surface area contributed by atoms with E-state index in [0.717, 1.165) is 23.5 Å². The van der Waals surface area contributed by atoms with E-state index < -0.39 is 0 Å². The summed E-state index contributed by atoms with van der Waals surface area (Å²) in [4.78, 5) is 13.8. The Morgan fingerprint density at radius 1 is 1.24 bits per heavy atom. The lowest BCUT2D eigenvalue weighted by Gasteiger charge is -2.09. The van der Waals surface area contributed by atoms with Gasteiger partial charge in [0.2, 0.25) is 0 Å². The minimum Gasteiger partial charge on any atom is -0.348 e. The Labute approximate surface area is 151 Å². The maximum Gasteiger partial charge on any atom is 0.253 e. The Morgan fingerprint density at radius 2 is 2.00 bits per heavy atom. The molecule has 0 aliphatic heterocycles. The summed E-state index contributed by atoms with van der Waals surface area (Å²) in [5.74, 6) is -0.0742. The first kappa shape index (κ1) is 17.0. The van der Waals surface area contributed by atoms with E-state index in [2.05, 4.69) is 27.4 Å². The van der Waals surface area contributed by atoms with E-state index in [4.69, 9.17) is 5.26 Å². The van der Waals surface area contributed by atoms with Crippen LogP contribution in [-0.4, -0.2) is 10.5 Å². The van der Waals surface area contributed by atoms with Gasteiger partial charge in [-0.2, -0.15) is 5.26 Å². The minimum absolute atomic E-state index is 0.0742. The van der Waals surface area contributed by atoms with E-state index in [-0.39, 0.29) is 5.91 Å². The van der Waals surface area contributed by atoms with Crippen LogP contribution < -0.4 is 5.32 Å². The van der Waals surface area contributed by atoms with Crippen molar-refractivity contribution >= 4 is 17.2 Å². The second kappa shape index (κ2) is 7.37. The highest BCUT2D eigenvalue weighted by Gasteiger charge is 2.15. The van der Waals surface area contributed by atoms with Crippen molar-refractivity contribution in [3.63, 3.8) is 0 Å². The standard InChI is InChI=1S/C20H19N3OS/c1-14-10-19(15(2)23(14)13-18-4-3-9-25-18)20(24)22-12-17-7-5-16(11-21)6-8-17/h3-10H,12-13H2,1-2H3,(H,22,24). The van der Waals surface area contributed by atoms with Gasteiger partial charge in [0, 0.05) is 22.8 Å². The zero-order valence-electron chi connectivity index (χ0n) is 14.2. The number of hydrogen-bond acceptors (Lipinski definition) is 3. The van der Waals surface area contributed by atoms with Crippen LogP contribution in [0.4, 0.5) is 0 Å². The fraction of sp³-hybridized carbons (Fsp3) is 0.200. The van der Waals surface area contributed by atoms with Gasteiger partial charge in [0.1, 0.15) is 0 Å². The molecular weight excluding hydrogens is 330 g/mol. The Bertz CT molecular complexity index is 915. The topological polar surface area (TPSA) is 57.8 Å². The number of rotatable bonds is 5. The lowest BCUT2D eigenvalue weighted by molar-refractivity contribution is 0.0950. The summed E-state index contributed by atoms with van der Waals surface area (Å²) in [5, 5.41) is 13.8. The second-order valence-electron chi connectivity index (χ2n) is 5.94. The van der Waals surface area contributed by atoms with Crippen LogP contribution in [0.1, 0.15) is 37.7 Å². The van der Waals surface area contributed by atoms with E-state index in [1.807, 2.05) is 38.1 Å². The fourth-order valence-corrected chi connectivity index (χ4v) is 3.50. The smallest absolute Gasteiger partial charge is 0.253 e. The molecule has 1 amide bonds. The summed E-state index contributed by atoms with van der Waals surface area (Å²) >= 11 is 1.72. The van der Waals surface area contributed by atoms with Crippen molar-refractivity contribution in [1.29, 1.82) is 5.26 Å². The number of nitrogens with zero attached hydrogens (tertiary/aromatic N) is 2. The zero-order chi connectivity index (χ0) is 17.8. The molecule has 3 aromatic rings. The SMILES string of the molecule is Cc1cc(C(=O)NCc2ccc(C#N)cc2)c(C)n1Cc1cccs1. The van der Waals surface area contributed by atoms with Gasteiger partial charge in [0.15, 0.2) is 0 Å². The molecule has 0 fully saturated rings. The second-order valence-corrected chi connectivity index (χ2v) is 6.97. The molecule has 0 saturated carbocycles. The third-order valence-corrected chi connectivity index (χ3v) is 5.11. The van der Waals surface area contributed by atoms with Gasteiger partial charge in [0.05, 0.1) is 23.7 Å². The molecule has 0 aliphatic rings. The Morgan fingerprint density at radius 3 is 2.64 bits per heavy atom. The summed E-state index contributed by atoms with van der Waals surface area (Å²) < 4.78 is 2.17. The van der Waals surface area contributed by atoms with E-state index in [1.54, 1.807) is 23.5 Å². The number of nitriles is 1. The normalized spacial score (nSPS) is 10.4. The molecule has 0 bridgehead atoms. The summed E-state index contributed by atoms with van der Waals surface area (Å²) in [5.41, 5.74) is 4.35. The number of aryl methyl sites for hydroxylation is 1. The molecule has 126 valence electrons. The maximum absolute atomic E-state index is 12.6. The molecular formula is C20H19N3OS. The molecule has 2 heterocycles. The number of carbonyl (C=O) groups excluding carboxylic acids is 1. The average molecular weight is 349 g/mol. The van der Waals surface area contributed by atoms with E-state index >= 15 is 0 Å². The maximum atomic E-state index is 12.6. The van der Waals surface area contributed by atoms with Crippen LogP contribution in [0.25, 0.3) is 0 Å². The molecule has 0 aliphatic carbocycles. The van der Waals surface area contributed by atoms with E-state index in [0.29, 0.717) is 17.7 Å². The lowest BCUT2D eigenvalue weighted by Crippen LogP contribution is -2.23.